The molecule has 0 aliphatic carbocycles. The van der Waals surface area contributed by atoms with Crippen LogP contribution in [0.1, 0.15) is 20.1 Å². The minimum atomic E-state index is -1.49. The van der Waals surface area contributed by atoms with E-state index in [2.05, 4.69) is 50.4 Å². The van der Waals surface area contributed by atoms with Crippen LogP contribution in [0.25, 0.3) is 0 Å². The lowest BCUT2D eigenvalue weighted by Gasteiger charge is -2.24. The van der Waals surface area contributed by atoms with E-state index in [4.69, 9.17) is 4.43 Å². The van der Waals surface area contributed by atoms with Crippen molar-refractivity contribution >= 4 is 8.32 Å². The average molecular weight is 224 g/mol. The van der Waals surface area contributed by atoms with Crippen LogP contribution in [-0.4, -0.2) is 8.32 Å². The first kappa shape index (κ1) is 12.4. The van der Waals surface area contributed by atoms with E-state index < -0.39 is 8.32 Å². The van der Waals surface area contributed by atoms with Gasteiger partial charge in [0, 0.05) is 18.1 Å². The third kappa shape index (κ3) is 4.14. The summed E-state index contributed by atoms with van der Waals surface area (Å²) in [5.41, 5.74) is 0. The van der Waals surface area contributed by atoms with Crippen LogP contribution in [0.3, 0.4) is 0 Å². The van der Waals surface area contributed by atoms with E-state index in [1.165, 1.54) is 0 Å². The van der Waals surface area contributed by atoms with Gasteiger partial charge in [-0.3, -0.25) is 0 Å². The molecule has 0 bridgehead atoms. The number of aromatic nitrogens is 1. The van der Waals surface area contributed by atoms with Crippen LogP contribution in [0.4, 0.5) is 0 Å². The molecule has 0 N–H and O–H groups in total. The second-order valence-corrected chi connectivity index (χ2v) is 9.65. The summed E-state index contributed by atoms with van der Waals surface area (Å²) in [7, 11) is -1.49. The molecule has 1 atom stereocenters. The lowest BCUT2D eigenvalue weighted by atomic mass is 10.2. The lowest BCUT2D eigenvalue weighted by molar-refractivity contribution is -0.762. The van der Waals surface area contributed by atoms with Gasteiger partial charge in [0.15, 0.2) is 20.7 Å². The summed E-state index contributed by atoms with van der Waals surface area (Å²) >= 11 is 0. The second-order valence-electron chi connectivity index (χ2n) is 5.19. The fraction of sp³-hybridized carbons (Fsp3) is 0.583. The molecule has 3 heteroatoms. The minimum Gasteiger partial charge on any atom is -0.363 e. The molecule has 1 rings (SSSR count). The molecule has 0 saturated carbocycles. The molecule has 2 nitrogen and oxygen atoms in total. The van der Waals surface area contributed by atoms with E-state index in [0.29, 0.717) is 5.92 Å². The van der Waals surface area contributed by atoms with Crippen LogP contribution in [-0.2, 0) is 4.43 Å². The number of pyridine rings is 1. The Morgan fingerprint density at radius 3 is 1.93 bits per heavy atom. The van der Waals surface area contributed by atoms with Crippen molar-refractivity contribution in [3.8, 4) is 0 Å². The van der Waals surface area contributed by atoms with Crippen molar-refractivity contribution in [3.63, 3.8) is 0 Å². The van der Waals surface area contributed by atoms with Crippen molar-refractivity contribution in [1.82, 2.24) is 0 Å². The van der Waals surface area contributed by atoms with Gasteiger partial charge in [0.2, 0.25) is 0 Å². The van der Waals surface area contributed by atoms with Crippen molar-refractivity contribution in [2.45, 2.75) is 39.7 Å². The smallest absolute Gasteiger partial charge is 0.255 e. The fourth-order valence-electron chi connectivity index (χ4n) is 1.49. The molecule has 0 amide bonds. The number of rotatable bonds is 4. The van der Waals surface area contributed by atoms with Gasteiger partial charge in [-0.1, -0.05) is 19.9 Å². The standard InChI is InChI=1S/C12H22NOSi/c1-11(2)12(14-15(3,4)5)13-9-7-6-8-10-13/h6-12H,1-5H3/q+1. The highest BCUT2D eigenvalue weighted by molar-refractivity contribution is 6.69. The minimum absolute atomic E-state index is 0.165. The first-order valence-electron chi connectivity index (χ1n) is 5.54. The topological polar surface area (TPSA) is 13.1 Å². The summed E-state index contributed by atoms with van der Waals surface area (Å²) in [6.45, 7) is 11.1. The largest absolute Gasteiger partial charge is 0.363 e. The summed E-state index contributed by atoms with van der Waals surface area (Å²) in [6.07, 6.45) is 4.31. The molecule has 1 aromatic rings. The maximum atomic E-state index is 6.19. The Balaban J connectivity index is 2.85. The van der Waals surface area contributed by atoms with Gasteiger partial charge in [0.25, 0.3) is 6.23 Å². The average Bonchev–Trinajstić information content (AvgIpc) is 2.14. The molecule has 1 aromatic heterocycles. The van der Waals surface area contributed by atoms with E-state index in [0.717, 1.165) is 0 Å². The van der Waals surface area contributed by atoms with Crippen LogP contribution in [0.15, 0.2) is 30.6 Å². The van der Waals surface area contributed by atoms with Crippen LogP contribution in [0, 0.1) is 5.92 Å². The monoisotopic (exact) mass is 224 g/mol. The van der Waals surface area contributed by atoms with Crippen LogP contribution >= 0.6 is 0 Å². The third-order valence-corrected chi connectivity index (χ3v) is 3.03. The third-order valence-electron chi connectivity index (χ3n) is 2.08. The quantitative estimate of drug-likeness (QED) is 0.566. The highest BCUT2D eigenvalue weighted by atomic mass is 28.4. The number of nitrogens with zero attached hydrogens (tertiary/aromatic N) is 1. The van der Waals surface area contributed by atoms with Gasteiger partial charge in [-0.25, -0.2) is 0 Å². The normalized spacial score (nSPS) is 14.3. The molecular formula is C12H22NOSi+. The Morgan fingerprint density at radius 1 is 1.00 bits per heavy atom. The zero-order chi connectivity index (χ0) is 11.5. The highest BCUT2D eigenvalue weighted by Crippen LogP contribution is 2.18. The molecule has 15 heavy (non-hydrogen) atoms. The SMILES string of the molecule is CC(C)C(O[Si](C)(C)C)[n+]1ccccc1. The van der Waals surface area contributed by atoms with Gasteiger partial charge >= 0.3 is 0 Å². The Bertz CT molecular complexity index is 292. The molecule has 0 spiro atoms. The second kappa shape index (κ2) is 4.90. The summed E-state index contributed by atoms with van der Waals surface area (Å²) < 4.78 is 8.34. The summed E-state index contributed by atoms with van der Waals surface area (Å²) in [4.78, 5) is 0. The maximum Gasteiger partial charge on any atom is 0.255 e. The fourth-order valence-corrected chi connectivity index (χ4v) is 2.60. The molecule has 0 aliphatic heterocycles. The number of hydrogen-bond donors (Lipinski definition) is 0. The van der Waals surface area contributed by atoms with Crippen molar-refractivity contribution < 1.29 is 8.99 Å². The zero-order valence-electron chi connectivity index (χ0n) is 10.4. The zero-order valence-corrected chi connectivity index (χ0v) is 11.4. The Kier molecular flexibility index (Phi) is 4.05. The van der Waals surface area contributed by atoms with E-state index in [-0.39, 0.29) is 6.23 Å². The summed E-state index contributed by atoms with van der Waals surface area (Å²) in [5, 5.41) is 0. The Morgan fingerprint density at radius 2 is 1.53 bits per heavy atom. The Hall–Kier alpha value is -0.673. The van der Waals surface area contributed by atoms with Crippen molar-refractivity contribution in [3.05, 3.63) is 30.6 Å². The van der Waals surface area contributed by atoms with E-state index in [9.17, 15) is 0 Å². The first-order chi connectivity index (χ1) is 6.90. The van der Waals surface area contributed by atoms with E-state index in [1.54, 1.807) is 0 Å². The molecule has 0 fully saturated rings. The van der Waals surface area contributed by atoms with Gasteiger partial charge in [-0.2, -0.15) is 4.57 Å². The van der Waals surface area contributed by atoms with Crippen LogP contribution in [0.5, 0.6) is 0 Å². The maximum absolute atomic E-state index is 6.19. The van der Waals surface area contributed by atoms with Crippen LogP contribution < -0.4 is 4.57 Å². The summed E-state index contributed by atoms with van der Waals surface area (Å²) in [5.74, 6) is 0.490. The highest BCUT2D eigenvalue weighted by Gasteiger charge is 2.29. The first-order valence-corrected chi connectivity index (χ1v) is 8.94. The molecule has 0 radical (unpaired) electrons. The number of hydrogen-bond acceptors (Lipinski definition) is 1. The van der Waals surface area contributed by atoms with Crippen molar-refractivity contribution in [2.24, 2.45) is 5.92 Å². The molecule has 1 unspecified atom stereocenters. The van der Waals surface area contributed by atoms with E-state index in [1.807, 2.05) is 18.2 Å². The van der Waals surface area contributed by atoms with E-state index >= 15 is 0 Å². The molecule has 0 aliphatic rings. The lowest BCUT2D eigenvalue weighted by Crippen LogP contribution is -2.47. The van der Waals surface area contributed by atoms with Crippen molar-refractivity contribution in [2.75, 3.05) is 0 Å². The van der Waals surface area contributed by atoms with Gasteiger partial charge < -0.3 is 4.43 Å². The Labute approximate surface area is 94.0 Å². The van der Waals surface area contributed by atoms with Gasteiger partial charge in [0.05, 0.1) is 0 Å². The van der Waals surface area contributed by atoms with Gasteiger partial charge in [-0.15, -0.1) is 0 Å². The summed E-state index contributed by atoms with van der Waals surface area (Å²) in [6, 6.07) is 6.12. The van der Waals surface area contributed by atoms with Crippen molar-refractivity contribution in [1.29, 1.82) is 0 Å². The molecule has 84 valence electrons. The van der Waals surface area contributed by atoms with Crippen LogP contribution in [0.2, 0.25) is 19.6 Å². The van der Waals surface area contributed by atoms with Gasteiger partial charge in [0.1, 0.15) is 0 Å². The predicted molar refractivity (Wildman–Crippen MR) is 64.9 cm³/mol. The van der Waals surface area contributed by atoms with Gasteiger partial charge in [-0.05, 0) is 19.6 Å². The molecule has 0 saturated heterocycles. The molecular weight excluding hydrogens is 202 g/mol. The molecule has 0 aromatic carbocycles. The predicted octanol–water partition coefficient (Wildman–Crippen LogP) is 2.98. The molecule has 1 heterocycles.